The molecule has 0 aliphatic carbocycles. The van der Waals surface area contributed by atoms with E-state index in [-0.39, 0.29) is 28.9 Å². The monoisotopic (exact) mass is 414 g/mol. The first-order valence-corrected chi connectivity index (χ1v) is 11.4. The number of amides is 2. The van der Waals surface area contributed by atoms with Gasteiger partial charge < -0.3 is 10.2 Å². The van der Waals surface area contributed by atoms with Crippen molar-refractivity contribution >= 4 is 33.0 Å². The largest absolute Gasteiger partial charge is 0.326 e. The number of benzene rings is 2. The maximum absolute atomic E-state index is 12.7. The molecular formula is C22H26N2O4S. The number of rotatable bonds is 6. The summed E-state index contributed by atoms with van der Waals surface area (Å²) >= 11 is 0. The maximum atomic E-state index is 12.7. The molecule has 6 nitrogen and oxygen atoms in total. The predicted molar refractivity (Wildman–Crippen MR) is 114 cm³/mol. The van der Waals surface area contributed by atoms with Crippen molar-refractivity contribution in [1.29, 1.82) is 0 Å². The standard InChI is InChI=1S/C22H26N2O4S/c1-4-22(26)24-12-10-17-14-18(8-9-20(17)24)29(27,28)13-11-21(25)23-19-7-5-6-15(2)16(19)3/h5-9,14H,4,10-13H2,1-3H3,(H,23,25). The molecule has 1 aliphatic rings. The van der Waals surface area contributed by atoms with Crippen LogP contribution in [0.3, 0.4) is 0 Å². The van der Waals surface area contributed by atoms with E-state index in [9.17, 15) is 18.0 Å². The summed E-state index contributed by atoms with van der Waals surface area (Å²) in [5.41, 5.74) is 4.36. The Balaban J connectivity index is 1.68. The van der Waals surface area contributed by atoms with Crippen LogP contribution in [0.1, 0.15) is 36.5 Å². The van der Waals surface area contributed by atoms with Gasteiger partial charge in [0.1, 0.15) is 0 Å². The van der Waals surface area contributed by atoms with Gasteiger partial charge in [-0.3, -0.25) is 9.59 Å². The van der Waals surface area contributed by atoms with Crippen LogP contribution in [0.15, 0.2) is 41.3 Å². The van der Waals surface area contributed by atoms with Crippen molar-refractivity contribution in [3.05, 3.63) is 53.1 Å². The Labute approximate surface area is 171 Å². The second-order valence-electron chi connectivity index (χ2n) is 7.30. The number of fused-ring (bicyclic) bond motifs is 1. The fourth-order valence-electron chi connectivity index (χ4n) is 3.47. The maximum Gasteiger partial charge on any atom is 0.226 e. The van der Waals surface area contributed by atoms with Crippen LogP contribution in [-0.2, 0) is 25.8 Å². The molecule has 0 fully saturated rings. The van der Waals surface area contributed by atoms with Crippen molar-refractivity contribution in [2.75, 3.05) is 22.5 Å². The summed E-state index contributed by atoms with van der Waals surface area (Å²) in [7, 11) is -3.60. The minimum atomic E-state index is -3.60. The van der Waals surface area contributed by atoms with Gasteiger partial charge in [-0.25, -0.2) is 8.42 Å². The number of carbonyl (C=O) groups is 2. The van der Waals surface area contributed by atoms with E-state index in [1.807, 2.05) is 32.9 Å². The second kappa shape index (κ2) is 8.37. The van der Waals surface area contributed by atoms with Gasteiger partial charge in [0, 0.05) is 30.8 Å². The third kappa shape index (κ3) is 4.50. The number of hydrogen-bond acceptors (Lipinski definition) is 4. The number of nitrogens with zero attached hydrogens (tertiary/aromatic N) is 1. The lowest BCUT2D eigenvalue weighted by Crippen LogP contribution is -2.27. The average molecular weight is 415 g/mol. The van der Waals surface area contributed by atoms with Gasteiger partial charge in [0.25, 0.3) is 0 Å². The number of hydrogen-bond donors (Lipinski definition) is 1. The van der Waals surface area contributed by atoms with E-state index in [1.54, 1.807) is 23.1 Å². The highest BCUT2D eigenvalue weighted by atomic mass is 32.2. The highest BCUT2D eigenvalue weighted by Crippen LogP contribution is 2.31. The number of sulfone groups is 1. The quantitative estimate of drug-likeness (QED) is 0.785. The topological polar surface area (TPSA) is 83.6 Å². The zero-order valence-corrected chi connectivity index (χ0v) is 17.8. The van der Waals surface area contributed by atoms with Gasteiger partial charge in [0.15, 0.2) is 9.84 Å². The van der Waals surface area contributed by atoms with Gasteiger partial charge in [-0.2, -0.15) is 0 Å². The van der Waals surface area contributed by atoms with Crippen LogP contribution in [0.5, 0.6) is 0 Å². The molecule has 0 radical (unpaired) electrons. The molecular weight excluding hydrogens is 388 g/mol. The van der Waals surface area contributed by atoms with Crippen molar-refractivity contribution in [3.8, 4) is 0 Å². The summed E-state index contributed by atoms with van der Waals surface area (Å²) in [4.78, 5) is 26.2. The molecule has 29 heavy (non-hydrogen) atoms. The van der Waals surface area contributed by atoms with E-state index in [0.717, 1.165) is 22.4 Å². The summed E-state index contributed by atoms with van der Waals surface area (Å²) in [5, 5.41) is 2.79. The molecule has 2 amide bonds. The number of anilines is 2. The van der Waals surface area contributed by atoms with Crippen LogP contribution in [-0.4, -0.2) is 32.5 Å². The molecule has 1 N–H and O–H groups in total. The lowest BCUT2D eigenvalue weighted by Gasteiger charge is -2.16. The third-order valence-electron chi connectivity index (χ3n) is 5.39. The zero-order valence-electron chi connectivity index (χ0n) is 17.0. The van der Waals surface area contributed by atoms with Crippen LogP contribution < -0.4 is 10.2 Å². The van der Waals surface area contributed by atoms with Gasteiger partial charge in [0.05, 0.1) is 10.6 Å². The Morgan fingerprint density at radius 3 is 2.62 bits per heavy atom. The molecule has 0 bridgehead atoms. The van der Waals surface area contributed by atoms with Gasteiger partial charge in [-0.1, -0.05) is 19.1 Å². The van der Waals surface area contributed by atoms with Crippen molar-refractivity contribution in [1.82, 2.24) is 0 Å². The Kier molecular flexibility index (Phi) is 6.07. The van der Waals surface area contributed by atoms with Gasteiger partial charge in [-0.15, -0.1) is 0 Å². The Morgan fingerprint density at radius 1 is 1.14 bits per heavy atom. The van der Waals surface area contributed by atoms with E-state index in [1.165, 1.54) is 6.07 Å². The Hall–Kier alpha value is -2.67. The lowest BCUT2D eigenvalue weighted by molar-refractivity contribution is -0.118. The van der Waals surface area contributed by atoms with Gasteiger partial charge in [0.2, 0.25) is 11.8 Å². The molecule has 0 aromatic heterocycles. The lowest BCUT2D eigenvalue weighted by atomic mass is 10.1. The number of carbonyl (C=O) groups excluding carboxylic acids is 2. The van der Waals surface area contributed by atoms with E-state index in [0.29, 0.717) is 25.1 Å². The van der Waals surface area contributed by atoms with Crippen LogP contribution in [0.2, 0.25) is 0 Å². The van der Waals surface area contributed by atoms with Gasteiger partial charge in [-0.05, 0) is 61.2 Å². The average Bonchev–Trinajstić information content (AvgIpc) is 3.13. The van der Waals surface area contributed by atoms with Crippen LogP contribution in [0, 0.1) is 13.8 Å². The molecule has 0 atom stereocenters. The number of aryl methyl sites for hydroxylation is 1. The van der Waals surface area contributed by atoms with E-state index in [2.05, 4.69) is 5.32 Å². The first-order valence-electron chi connectivity index (χ1n) is 9.75. The fourth-order valence-corrected chi connectivity index (χ4v) is 4.75. The summed E-state index contributed by atoms with van der Waals surface area (Å²) in [5.74, 6) is -0.564. The molecule has 2 aromatic rings. The zero-order chi connectivity index (χ0) is 21.2. The van der Waals surface area contributed by atoms with Crippen molar-refractivity contribution in [2.24, 2.45) is 0 Å². The molecule has 2 aromatic carbocycles. The molecule has 0 saturated heterocycles. The Morgan fingerprint density at radius 2 is 1.90 bits per heavy atom. The Bertz CT molecular complexity index is 1060. The predicted octanol–water partition coefficient (Wildman–Crippen LogP) is 3.41. The van der Waals surface area contributed by atoms with E-state index < -0.39 is 9.84 Å². The molecule has 3 rings (SSSR count). The molecule has 7 heteroatoms. The summed E-state index contributed by atoms with van der Waals surface area (Å²) < 4.78 is 25.4. The molecule has 0 unspecified atom stereocenters. The minimum Gasteiger partial charge on any atom is -0.326 e. The molecule has 0 spiro atoms. The normalized spacial score (nSPS) is 13.3. The first kappa shape index (κ1) is 21.0. The summed E-state index contributed by atoms with van der Waals surface area (Å²) in [6.45, 7) is 6.25. The fraction of sp³-hybridized carbons (Fsp3) is 0.364. The molecule has 0 saturated carbocycles. The smallest absolute Gasteiger partial charge is 0.226 e. The molecule has 154 valence electrons. The molecule has 1 heterocycles. The van der Waals surface area contributed by atoms with E-state index >= 15 is 0 Å². The second-order valence-corrected chi connectivity index (χ2v) is 9.41. The van der Waals surface area contributed by atoms with Crippen molar-refractivity contribution < 1.29 is 18.0 Å². The first-order chi connectivity index (χ1) is 13.7. The SMILES string of the molecule is CCC(=O)N1CCc2cc(S(=O)(=O)CCC(=O)Nc3cccc(C)c3C)ccc21. The van der Waals surface area contributed by atoms with Crippen LogP contribution >= 0.6 is 0 Å². The third-order valence-corrected chi connectivity index (χ3v) is 7.10. The van der Waals surface area contributed by atoms with Crippen LogP contribution in [0.25, 0.3) is 0 Å². The minimum absolute atomic E-state index is 0.0301. The number of nitrogens with one attached hydrogen (secondary N) is 1. The van der Waals surface area contributed by atoms with Crippen molar-refractivity contribution in [2.45, 2.75) is 44.9 Å². The molecule has 1 aliphatic heterocycles. The highest BCUT2D eigenvalue weighted by molar-refractivity contribution is 7.91. The van der Waals surface area contributed by atoms with Gasteiger partial charge >= 0.3 is 0 Å². The summed E-state index contributed by atoms with van der Waals surface area (Å²) in [6.07, 6.45) is 0.930. The van der Waals surface area contributed by atoms with E-state index in [4.69, 9.17) is 0 Å². The van der Waals surface area contributed by atoms with Crippen LogP contribution in [0.4, 0.5) is 11.4 Å². The highest BCUT2D eigenvalue weighted by Gasteiger charge is 2.26. The summed E-state index contributed by atoms with van der Waals surface area (Å²) in [6, 6.07) is 10.5. The van der Waals surface area contributed by atoms with Crippen molar-refractivity contribution in [3.63, 3.8) is 0 Å².